The van der Waals surface area contributed by atoms with Crippen molar-refractivity contribution in [3.8, 4) is 0 Å². The molecular weight excluding hydrogens is 222 g/mol. The van der Waals surface area contributed by atoms with E-state index >= 15 is 0 Å². The first kappa shape index (κ1) is 12.1. The van der Waals surface area contributed by atoms with E-state index in [1.807, 2.05) is 0 Å². The Morgan fingerprint density at radius 2 is 2.24 bits per heavy atom. The summed E-state index contributed by atoms with van der Waals surface area (Å²) >= 11 is 0. The third kappa shape index (κ3) is 2.66. The van der Waals surface area contributed by atoms with Gasteiger partial charge in [0.15, 0.2) is 5.89 Å². The minimum absolute atomic E-state index is 0.170. The highest BCUT2D eigenvalue weighted by molar-refractivity contribution is 5.87. The SMILES string of the molecule is COCc1nc(CC2CCC2)oc1C(=O)OC. The Morgan fingerprint density at radius 3 is 2.76 bits per heavy atom. The van der Waals surface area contributed by atoms with Crippen molar-refractivity contribution in [2.45, 2.75) is 32.3 Å². The van der Waals surface area contributed by atoms with Gasteiger partial charge in [0.1, 0.15) is 5.69 Å². The number of carbonyl (C=O) groups is 1. The van der Waals surface area contributed by atoms with Crippen LogP contribution < -0.4 is 0 Å². The number of hydrogen-bond donors (Lipinski definition) is 0. The molecule has 1 heterocycles. The molecule has 0 aromatic carbocycles. The van der Waals surface area contributed by atoms with Gasteiger partial charge in [0.05, 0.1) is 13.7 Å². The van der Waals surface area contributed by atoms with Crippen LogP contribution in [0.2, 0.25) is 0 Å². The van der Waals surface area contributed by atoms with Gasteiger partial charge in [-0.2, -0.15) is 0 Å². The van der Waals surface area contributed by atoms with E-state index < -0.39 is 5.97 Å². The van der Waals surface area contributed by atoms with E-state index in [9.17, 15) is 4.79 Å². The summed E-state index contributed by atoms with van der Waals surface area (Å²) < 4.78 is 15.1. The molecule has 0 atom stereocenters. The third-order valence-corrected chi connectivity index (χ3v) is 3.08. The van der Waals surface area contributed by atoms with Crippen LogP contribution in [0.4, 0.5) is 0 Å². The maximum atomic E-state index is 11.5. The molecule has 0 saturated heterocycles. The monoisotopic (exact) mass is 239 g/mol. The Kier molecular flexibility index (Phi) is 3.78. The van der Waals surface area contributed by atoms with Crippen LogP contribution in [-0.2, 0) is 22.5 Å². The maximum absolute atomic E-state index is 11.5. The van der Waals surface area contributed by atoms with Crippen molar-refractivity contribution in [1.82, 2.24) is 4.98 Å². The highest BCUT2D eigenvalue weighted by Gasteiger charge is 2.24. The van der Waals surface area contributed by atoms with Crippen LogP contribution in [0.1, 0.15) is 41.4 Å². The summed E-state index contributed by atoms with van der Waals surface area (Å²) in [5.74, 6) is 0.935. The molecule has 17 heavy (non-hydrogen) atoms. The Hall–Kier alpha value is -1.36. The Labute approximate surface area is 100 Å². The normalized spacial score (nSPS) is 15.6. The Bertz CT molecular complexity index is 395. The smallest absolute Gasteiger partial charge is 0.376 e. The maximum Gasteiger partial charge on any atom is 0.376 e. The summed E-state index contributed by atoms with van der Waals surface area (Å²) in [5, 5.41) is 0. The van der Waals surface area contributed by atoms with Gasteiger partial charge >= 0.3 is 5.97 Å². The van der Waals surface area contributed by atoms with Crippen LogP contribution in [0.5, 0.6) is 0 Å². The molecular formula is C12H17NO4. The van der Waals surface area contributed by atoms with Gasteiger partial charge in [-0.3, -0.25) is 0 Å². The molecule has 0 amide bonds. The number of oxazole rings is 1. The second kappa shape index (κ2) is 5.31. The van der Waals surface area contributed by atoms with Gasteiger partial charge in [0, 0.05) is 13.5 Å². The summed E-state index contributed by atoms with van der Waals surface area (Å²) in [6.45, 7) is 0.262. The van der Waals surface area contributed by atoms with E-state index in [-0.39, 0.29) is 12.4 Å². The lowest BCUT2D eigenvalue weighted by molar-refractivity contribution is 0.0555. The zero-order valence-corrected chi connectivity index (χ0v) is 10.2. The lowest BCUT2D eigenvalue weighted by atomic mass is 9.83. The number of nitrogens with zero attached hydrogens (tertiary/aromatic N) is 1. The molecule has 94 valence electrons. The minimum Gasteiger partial charge on any atom is -0.463 e. The summed E-state index contributed by atoms with van der Waals surface area (Å²) in [5.41, 5.74) is 0.522. The summed E-state index contributed by atoms with van der Waals surface area (Å²) in [6, 6.07) is 0. The molecule has 1 aromatic heterocycles. The minimum atomic E-state index is -0.496. The fourth-order valence-corrected chi connectivity index (χ4v) is 1.92. The number of hydrogen-bond acceptors (Lipinski definition) is 5. The summed E-state index contributed by atoms with van der Waals surface area (Å²) in [6.07, 6.45) is 4.51. The van der Waals surface area contributed by atoms with E-state index in [0.29, 0.717) is 17.5 Å². The molecule has 0 bridgehead atoms. The highest BCUT2D eigenvalue weighted by Crippen LogP contribution is 2.30. The molecule has 5 nitrogen and oxygen atoms in total. The van der Waals surface area contributed by atoms with E-state index in [1.165, 1.54) is 26.4 Å². The molecule has 0 N–H and O–H groups in total. The molecule has 0 aliphatic heterocycles. The Balaban J connectivity index is 2.13. The highest BCUT2D eigenvalue weighted by atomic mass is 16.5. The average Bonchev–Trinajstić information content (AvgIpc) is 2.66. The lowest BCUT2D eigenvalue weighted by Crippen LogP contribution is -2.13. The first-order chi connectivity index (χ1) is 8.24. The molecule has 1 aliphatic carbocycles. The molecule has 0 radical (unpaired) electrons. The van der Waals surface area contributed by atoms with Gasteiger partial charge in [0.25, 0.3) is 0 Å². The number of rotatable bonds is 5. The van der Waals surface area contributed by atoms with Crippen LogP contribution in [0.25, 0.3) is 0 Å². The number of aromatic nitrogens is 1. The van der Waals surface area contributed by atoms with Crippen molar-refractivity contribution in [1.29, 1.82) is 0 Å². The number of ether oxygens (including phenoxy) is 2. The van der Waals surface area contributed by atoms with E-state index in [0.717, 1.165) is 6.42 Å². The topological polar surface area (TPSA) is 61.6 Å². The fraction of sp³-hybridized carbons (Fsp3) is 0.667. The Morgan fingerprint density at radius 1 is 1.47 bits per heavy atom. The quantitative estimate of drug-likeness (QED) is 0.735. The molecule has 1 aromatic rings. The van der Waals surface area contributed by atoms with Crippen LogP contribution in [0.3, 0.4) is 0 Å². The molecule has 0 spiro atoms. The van der Waals surface area contributed by atoms with Crippen molar-refractivity contribution >= 4 is 5.97 Å². The van der Waals surface area contributed by atoms with E-state index in [1.54, 1.807) is 7.11 Å². The second-order valence-corrected chi connectivity index (χ2v) is 4.31. The zero-order valence-electron chi connectivity index (χ0n) is 10.2. The predicted octanol–water partition coefficient (Wildman–Crippen LogP) is 1.95. The van der Waals surface area contributed by atoms with Crippen molar-refractivity contribution in [3.63, 3.8) is 0 Å². The summed E-state index contributed by atoms with van der Waals surface area (Å²) in [7, 11) is 2.88. The molecule has 0 unspecified atom stereocenters. The van der Waals surface area contributed by atoms with E-state index in [2.05, 4.69) is 9.72 Å². The van der Waals surface area contributed by atoms with Crippen molar-refractivity contribution in [3.05, 3.63) is 17.3 Å². The molecule has 1 aliphatic rings. The number of esters is 1. The zero-order chi connectivity index (χ0) is 12.3. The summed E-state index contributed by atoms with van der Waals surface area (Å²) in [4.78, 5) is 15.8. The van der Waals surface area contributed by atoms with Gasteiger partial charge < -0.3 is 13.9 Å². The fourth-order valence-electron chi connectivity index (χ4n) is 1.92. The average molecular weight is 239 g/mol. The van der Waals surface area contributed by atoms with Gasteiger partial charge in [0.2, 0.25) is 5.76 Å². The largest absolute Gasteiger partial charge is 0.463 e. The third-order valence-electron chi connectivity index (χ3n) is 3.08. The lowest BCUT2D eigenvalue weighted by Gasteiger charge is -2.23. The van der Waals surface area contributed by atoms with Gasteiger partial charge in [-0.05, 0) is 18.8 Å². The predicted molar refractivity (Wildman–Crippen MR) is 59.6 cm³/mol. The molecule has 2 rings (SSSR count). The first-order valence-corrected chi connectivity index (χ1v) is 5.80. The van der Waals surface area contributed by atoms with Gasteiger partial charge in [-0.1, -0.05) is 6.42 Å². The van der Waals surface area contributed by atoms with Gasteiger partial charge in [-0.15, -0.1) is 0 Å². The second-order valence-electron chi connectivity index (χ2n) is 4.31. The number of carbonyl (C=O) groups excluding carboxylic acids is 1. The molecule has 1 fully saturated rings. The first-order valence-electron chi connectivity index (χ1n) is 5.80. The van der Waals surface area contributed by atoms with Crippen LogP contribution in [0.15, 0.2) is 4.42 Å². The van der Waals surface area contributed by atoms with Crippen LogP contribution >= 0.6 is 0 Å². The van der Waals surface area contributed by atoms with Crippen LogP contribution in [-0.4, -0.2) is 25.2 Å². The van der Waals surface area contributed by atoms with Crippen molar-refractivity contribution in [2.75, 3.05) is 14.2 Å². The van der Waals surface area contributed by atoms with Crippen molar-refractivity contribution < 1.29 is 18.7 Å². The van der Waals surface area contributed by atoms with Crippen molar-refractivity contribution in [2.24, 2.45) is 5.92 Å². The molecule has 5 heteroatoms. The standard InChI is InChI=1S/C12H17NO4/c1-15-7-9-11(12(14)16-2)17-10(13-9)6-8-4-3-5-8/h8H,3-7H2,1-2H3. The molecule has 1 saturated carbocycles. The van der Waals surface area contributed by atoms with Crippen LogP contribution in [0, 0.1) is 5.92 Å². The number of methoxy groups -OCH3 is 2. The van der Waals surface area contributed by atoms with Gasteiger partial charge in [-0.25, -0.2) is 9.78 Å². The van der Waals surface area contributed by atoms with E-state index in [4.69, 9.17) is 9.15 Å².